The normalized spacial score (nSPS) is 21.1. The number of fused-ring (bicyclic) bond motifs is 2. The minimum atomic E-state index is -0.989. The van der Waals surface area contributed by atoms with Gasteiger partial charge in [-0.25, -0.2) is 4.79 Å². The summed E-state index contributed by atoms with van der Waals surface area (Å²) in [6.07, 6.45) is 2.35. The molecule has 1 unspecified atom stereocenters. The zero-order valence-corrected chi connectivity index (χ0v) is 15.1. The van der Waals surface area contributed by atoms with Crippen LogP contribution in [0.3, 0.4) is 0 Å². The Morgan fingerprint density at radius 1 is 1.04 bits per heavy atom. The summed E-state index contributed by atoms with van der Waals surface area (Å²) in [5, 5.41) is 14.7. The molecule has 8 heteroatoms. The lowest BCUT2D eigenvalue weighted by atomic mass is 9.76. The molecule has 8 nitrogen and oxygen atoms in total. The van der Waals surface area contributed by atoms with Gasteiger partial charge in [0.05, 0.1) is 12.2 Å². The summed E-state index contributed by atoms with van der Waals surface area (Å²) in [4.78, 5) is 27.4. The molecule has 3 aromatic rings. The molecule has 1 N–H and O–H groups in total. The lowest BCUT2D eigenvalue weighted by Crippen LogP contribution is -2.46. The Morgan fingerprint density at radius 3 is 2.68 bits per heavy atom. The Kier molecular flexibility index (Phi) is 3.71. The third-order valence-electron chi connectivity index (χ3n) is 5.49. The molecule has 1 spiro atoms. The van der Waals surface area contributed by atoms with Crippen LogP contribution in [0.2, 0.25) is 0 Å². The summed E-state index contributed by atoms with van der Waals surface area (Å²) >= 11 is 0. The number of carbonyl (C=O) groups is 2. The predicted molar refractivity (Wildman–Crippen MR) is 99.3 cm³/mol. The van der Waals surface area contributed by atoms with Gasteiger partial charge in [0, 0.05) is 0 Å². The largest absolute Gasteiger partial charge is 0.325 e. The van der Waals surface area contributed by atoms with Crippen molar-refractivity contribution in [3.05, 3.63) is 71.5 Å². The topological polar surface area (TPSA) is 93.0 Å². The number of aromatic nitrogens is 4. The van der Waals surface area contributed by atoms with Gasteiger partial charge < -0.3 is 5.32 Å². The number of tetrazole rings is 1. The first-order valence-electron chi connectivity index (χ1n) is 9.24. The molecule has 1 saturated heterocycles. The number of para-hydroxylation sites is 1. The van der Waals surface area contributed by atoms with Crippen LogP contribution in [-0.2, 0) is 23.3 Å². The third kappa shape index (κ3) is 2.41. The average Bonchev–Trinajstić information content (AvgIpc) is 3.28. The molecule has 3 amide bonds. The van der Waals surface area contributed by atoms with Crippen molar-refractivity contribution in [2.75, 3.05) is 0 Å². The Balaban J connectivity index is 1.49. The van der Waals surface area contributed by atoms with E-state index >= 15 is 0 Å². The van der Waals surface area contributed by atoms with Gasteiger partial charge in [0.15, 0.2) is 5.82 Å². The van der Waals surface area contributed by atoms with E-state index in [1.807, 2.05) is 54.6 Å². The highest BCUT2D eigenvalue weighted by atomic mass is 16.2. The Bertz CT molecular complexity index is 1060. The number of rotatable bonds is 3. The average molecular weight is 374 g/mol. The van der Waals surface area contributed by atoms with Crippen LogP contribution in [0.15, 0.2) is 54.6 Å². The molecule has 1 aliphatic heterocycles. The van der Waals surface area contributed by atoms with Gasteiger partial charge in [0.1, 0.15) is 5.54 Å². The molecule has 0 bridgehead atoms. The molecule has 140 valence electrons. The monoisotopic (exact) mass is 374 g/mol. The number of aryl methyl sites for hydroxylation is 1. The van der Waals surface area contributed by atoms with Crippen LogP contribution >= 0.6 is 0 Å². The molecular weight excluding hydrogens is 356 g/mol. The highest BCUT2D eigenvalue weighted by Crippen LogP contribution is 2.40. The maximum atomic E-state index is 13.4. The highest BCUT2D eigenvalue weighted by molar-refractivity contribution is 6.07. The number of hydrogen-bond acceptors (Lipinski definition) is 5. The first-order valence-corrected chi connectivity index (χ1v) is 9.24. The van der Waals surface area contributed by atoms with E-state index < -0.39 is 11.6 Å². The van der Waals surface area contributed by atoms with Crippen LogP contribution in [0.4, 0.5) is 4.79 Å². The number of amides is 3. The van der Waals surface area contributed by atoms with Crippen LogP contribution in [0.25, 0.3) is 5.69 Å². The molecule has 1 aliphatic carbocycles. The van der Waals surface area contributed by atoms with Gasteiger partial charge in [-0.3, -0.25) is 9.69 Å². The van der Waals surface area contributed by atoms with Gasteiger partial charge in [-0.2, -0.15) is 4.68 Å². The molecule has 0 radical (unpaired) electrons. The van der Waals surface area contributed by atoms with E-state index in [0.29, 0.717) is 12.2 Å². The van der Waals surface area contributed by atoms with Crippen molar-refractivity contribution < 1.29 is 9.59 Å². The van der Waals surface area contributed by atoms with Crippen LogP contribution in [0.1, 0.15) is 29.8 Å². The smallest absolute Gasteiger partial charge is 0.319 e. The maximum Gasteiger partial charge on any atom is 0.325 e. The molecule has 0 saturated carbocycles. The molecular formula is C20H18N6O2. The van der Waals surface area contributed by atoms with E-state index in [4.69, 9.17) is 0 Å². The standard InChI is InChI=1S/C20H18N6O2/c27-18-20(12-6-8-14-7-4-5-11-16(14)20)21-19(28)25(18)13-17-22-23-24-26(17)15-9-2-1-3-10-15/h1-5,7,9-11H,6,8,12-13H2,(H,21,28). The summed E-state index contributed by atoms with van der Waals surface area (Å²) in [5.41, 5.74) is 1.78. The summed E-state index contributed by atoms with van der Waals surface area (Å²) in [6.45, 7) is 0.0104. The molecule has 28 heavy (non-hydrogen) atoms. The predicted octanol–water partition coefficient (Wildman–Crippen LogP) is 1.95. The van der Waals surface area contributed by atoms with Gasteiger partial charge in [-0.05, 0) is 52.9 Å². The van der Waals surface area contributed by atoms with Crippen LogP contribution in [0, 0.1) is 0 Å². The molecule has 1 atom stereocenters. The lowest BCUT2D eigenvalue weighted by Gasteiger charge is -2.33. The first-order chi connectivity index (χ1) is 13.7. The summed E-state index contributed by atoms with van der Waals surface area (Å²) in [7, 11) is 0. The summed E-state index contributed by atoms with van der Waals surface area (Å²) < 4.78 is 1.54. The summed E-state index contributed by atoms with van der Waals surface area (Å²) in [6, 6.07) is 16.8. The number of hydrogen-bond donors (Lipinski definition) is 1. The third-order valence-corrected chi connectivity index (χ3v) is 5.49. The van der Waals surface area contributed by atoms with E-state index in [-0.39, 0.29) is 12.5 Å². The second-order valence-corrected chi connectivity index (χ2v) is 7.08. The fourth-order valence-corrected chi connectivity index (χ4v) is 4.17. The van der Waals surface area contributed by atoms with Crippen LogP contribution < -0.4 is 5.32 Å². The second-order valence-electron chi connectivity index (χ2n) is 7.08. The van der Waals surface area contributed by atoms with Crippen molar-refractivity contribution in [3.63, 3.8) is 0 Å². The van der Waals surface area contributed by atoms with E-state index in [1.54, 1.807) is 4.68 Å². The number of nitrogens with zero attached hydrogens (tertiary/aromatic N) is 5. The van der Waals surface area contributed by atoms with Crippen LogP contribution in [0.5, 0.6) is 0 Å². The van der Waals surface area contributed by atoms with E-state index in [2.05, 4.69) is 20.8 Å². The van der Waals surface area contributed by atoms with Gasteiger partial charge in [0.2, 0.25) is 0 Å². The molecule has 2 aliphatic rings. The SMILES string of the molecule is O=C1NC2(CCCc3ccccc32)C(=O)N1Cc1nnnn1-c1ccccc1. The number of urea groups is 1. The van der Waals surface area contributed by atoms with E-state index in [9.17, 15) is 9.59 Å². The molecule has 1 fully saturated rings. The number of imide groups is 1. The number of benzene rings is 2. The Morgan fingerprint density at radius 2 is 1.82 bits per heavy atom. The minimum absolute atomic E-state index is 0.0104. The van der Waals surface area contributed by atoms with E-state index in [1.165, 1.54) is 4.90 Å². The summed E-state index contributed by atoms with van der Waals surface area (Å²) in [5.74, 6) is 0.183. The van der Waals surface area contributed by atoms with Crippen molar-refractivity contribution in [2.24, 2.45) is 0 Å². The fraction of sp³-hybridized carbons (Fsp3) is 0.250. The van der Waals surface area contributed by atoms with Gasteiger partial charge >= 0.3 is 6.03 Å². The van der Waals surface area contributed by atoms with Crippen molar-refractivity contribution in [2.45, 2.75) is 31.3 Å². The zero-order valence-electron chi connectivity index (χ0n) is 15.1. The number of nitrogens with one attached hydrogen (secondary N) is 1. The second kappa shape index (κ2) is 6.26. The zero-order chi connectivity index (χ0) is 19.1. The quantitative estimate of drug-likeness (QED) is 0.708. The molecule has 1 aromatic heterocycles. The molecule has 2 heterocycles. The molecule has 2 aromatic carbocycles. The van der Waals surface area contributed by atoms with Crippen LogP contribution in [-0.4, -0.2) is 37.0 Å². The lowest BCUT2D eigenvalue weighted by molar-refractivity contribution is -0.132. The van der Waals surface area contributed by atoms with Crippen molar-refractivity contribution >= 4 is 11.9 Å². The van der Waals surface area contributed by atoms with Gasteiger partial charge in [-0.1, -0.05) is 42.5 Å². The van der Waals surface area contributed by atoms with E-state index in [0.717, 1.165) is 29.7 Å². The first kappa shape index (κ1) is 16.6. The Labute approximate surface area is 161 Å². The van der Waals surface area contributed by atoms with Gasteiger partial charge in [0.25, 0.3) is 5.91 Å². The van der Waals surface area contributed by atoms with Crippen molar-refractivity contribution in [3.8, 4) is 5.69 Å². The van der Waals surface area contributed by atoms with Gasteiger partial charge in [-0.15, -0.1) is 5.10 Å². The maximum absolute atomic E-state index is 13.4. The minimum Gasteiger partial charge on any atom is -0.319 e. The van der Waals surface area contributed by atoms with Crippen molar-refractivity contribution in [1.82, 2.24) is 30.4 Å². The highest BCUT2D eigenvalue weighted by Gasteiger charge is 2.54. The van der Waals surface area contributed by atoms with Crippen molar-refractivity contribution in [1.29, 1.82) is 0 Å². The fourth-order valence-electron chi connectivity index (χ4n) is 4.17. The molecule has 5 rings (SSSR count). The number of carbonyl (C=O) groups excluding carboxylic acids is 2. The Hall–Kier alpha value is -3.55.